The van der Waals surface area contributed by atoms with Crippen LogP contribution in [0.3, 0.4) is 0 Å². The lowest BCUT2D eigenvalue weighted by molar-refractivity contribution is 0.0198. The van der Waals surface area contributed by atoms with E-state index in [1.807, 2.05) is 0 Å². The van der Waals surface area contributed by atoms with Gasteiger partial charge in [-0.3, -0.25) is 0 Å². The highest BCUT2D eigenvalue weighted by molar-refractivity contribution is 5.86. The molecule has 1 saturated heterocycles. The summed E-state index contributed by atoms with van der Waals surface area (Å²) in [6.07, 6.45) is 1.89. The maximum atomic E-state index is 5.58. The molecule has 4 N–H and O–H groups in total. The second-order valence-electron chi connectivity index (χ2n) is 3.80. The van der Waals surface area contributed by atoms with E-state index in [1.54, 1.807) is 0 Å². The molecule has 0 aliphatic carbocycles. The Morgan fingerprint density at radius 1 is 1.50 bits per heavy atom. The lowest BCUT2D eigenvalue weighted by Gasteiger charge is -2.26. The Balaban J connectivity index is 2.56. The van der Waals surface area contributed by atoms with Gasteiger partial charge in [0.1, 0.15) is 0 Å². The van der Waals surface area contributed by atoms with E-state index in [2.05, 4.69) is 24.1 Å². The number of hydrogen-bond acceptors (Lipinski definition) is 3. The summed E-state index contributed by atoms with van der Waals surface area (Å²) in [5.74, 6) is 0.504. The quantitative estimate of drug-likeness (QED) is 0.384. The van der Waals surface area contributed by atoms with Crippen LogP contribution in [0, 0.1) is 5.92 Å². The van der Waals surface area contributed by atoms with Crippen LogP contribution in [0.15, 0.2) is 10.2 Å². The number of ether oxygens (including phenoxy) is 1. The van der Waals surface area contributed by atoms with Crippen molar-refractivity contribution < 1.29 is 4.74 Å². The van der Waals surface area contributed by atoms with Gasteiger partial charge in [-0.25, -0.2) is 0 Å². The molecule has 0 bridgehead atoms. The summed E-state index contributed by atoms with van der Waals surface area (Å²) < 4.78 is 5.58. The Kier molecular flexibility index (Phi) is 3.88. The zero-order valence-electron chi connectivity index (χ0n) is 8.73. The van der Waals surface area contributed by atoms with Crippen molar-refractivity contribution in [2.24, 2.45) is 27.6 Å². The van der Waals surface area contributed by atoms with Gasteiger partial charge in [0.15, 0.2) is 0 Å². The van der Waals surface area contributed by atoms with E-state index in [-0.39, 0.29) is 12.1 Å². The lowest BCUT2D eigenvalue weighted by Crippen LogP contribution is -2.30. The van der Waals surface area contributed by atoms with E-state index in [1.165, 1.54) is 0 Å². The zero-order chi connectivity index (χ0) is 10.6. The fraction of sp³-hybridized carbons (Fsp3) is 0.778. The first kappa shape index (κ1) is 11.0. The molecule has 0 saturated carbocycles. The van der Waals surface area contributed by atoms with Gasteiger partial charge in [-0.2, -0.15) is 5.10 Å². The van der Waals surface area contributed by atoms with Crippen LogP contribution in [0.25, 0.3) is 0 Å². The minimum absolute atomic E-state index is 0.00471. The van der Waals surface area contributed by atoms with E-state index in [4.69, 9.17) is 16.2 Å². The molecule has 1 fully saturated rings. The first-order valence-corrected chi connectivity index (χ1v) is 4.85. The number of guanidine groups is 1. The molecule has 5 heteroatoms. The van der Waals surface area contributed by atoms with E-state index in [9.17, 15) is 0 Å². The lowest BCUT2D eigenvalue weighted by atomic mass is 9.98. The Morgan fingerprint density at radius 2 is 2.21 bits per heavy atom. The summed E-state index contributed by atoms with van der Waals surface area (Å²) in [6, 6.07) is 0. The van der Waals surface area contributed by atoms with Crippen LogP contribution in [0.5, 0.6) is 0 Å². The Hall–Kier alpha value is -1.10. The second kappa shape index (κ2) is 4.95. The van der Waals surface area contributed by atoms with Crippen molar-refractivity contribution in [2.45, 2.75) is 32.8 Å². The number of nitrogens with two attached hydrogens (primary N) is 2. The summed E-state index contributed by atoms with van der Waals surface area (Å²) in [4.78, 5) is 0. The maximum Gasteiger partial charge on any atom is 0.211 e. The third kappa shape index (κ3) is 3.33. The minimum Gasteiger partial charge on any atom is -0.377 e. The highest BCUT2D eigenvalue weighted by Gasteiger charge is 2.21. The molecule has 1 heterocycles. The van der Waals surface area contributed by atoms with Gasteiger partial charge in [0.25, 0.3) is 0 Å². The standard InChI is InChI=1S/C9H18N4O/c1-6(2)8-5-7(3-4-14-8)12-13-9(10)11/h6,8H,3-5H2,1-2H3,(H4,10,11,13). The van der Waals surface area contributed by atoms with Crippen LogP contribution in [-0.4, -0.2) is 24.4 Å². The first-order chi connectivity index (χ1) is 6.59. The highest BCUT2D eigenvalue weighted by atomic mass is 16.5. The van der Waals surface area contributed by atoms with Crippen LogP contribution in [-0.2, 0) is 4.74 Å². The second-order valence-corrected chi connectivity index (χ2v) is 3.80. The SMILES string of the molecule is CC(C)C1CC(=NN=C(N)N)CCO1. The molecule has 1 unspecified atom stereocenters. The molecule has 1 rings (SSSR count). The third-order valence-corrected chi connectivity index (χ3v) is 2.21. The molecule has 0 aromatic rings. The van der Waals surface area contributed by atoms with Gasteiger partial charge < -0.3 is 16.2 Å². The molecular weight excluding hydrogens is 180 g/mol. The van der Waals surface area contributed by atoms with Gasteiger partial charge in [0, 0.05) is 18.6 Å². The summed E-state index contributed by atoms with van der Waals surface area (Å²) >= 11 is 0. The third-order valence-electron chi connectivity index (χ3n) is 2.21. The van der Waals surface area contributed by atoms with Crippen LogP contribution in [0.4, 0.5) is 0 Å². The predicted octanol–water partition coefficient (Wildman–Crippen LogP) is 0.451. The van der Waals surface area contributed by atoms with E-state index in [0.717, 1.165) is 18.6 Å². The molecule has 5 nitrogen and oxygen atoms in total. The van der Waals surface area contributed by atoms with Gasteiger partial charge >= 0.3 is 0 Å². The number of rotatable bonds is 2. The molecule has 0 aromatic carbocycles. The molecule has 1 aliphatic heterocycles. The molecule has 1 aliphatic rings. The predicted molar refractivity (Wildman–Crippen MR) is 57.1 cm³/mol. The van der Waals surface area contributed by atoms with Gasteiger partial charge in [0.05, 0.1) is 12.7 Å². The van der Waals surface area contributed by atoms with Crippen molar-refractivity contribution in [3.05, 3.63) is 0 Å². The zero-order valence-corrected chi connectivity index (χ0v) is 8.73. The van der Waals surface area contributed by atoms with Gasteiger partial charge in [0.2, 0.25) is 5.96 Å². The van der Waals surface area contributed by atoms with E-state index in [0.29, 0.717) is 12.5 Å². The van der Waals surface area contributed by atoms with Crippen molar-refractivity contribution in [1.82, 2.24) is 0 Å². The maximum absolute atomic E-state index is 5.58. The summed E-state index contributed by atoms with van der Waals surface area (Å²) in [7, 11) is 0. The number of hydrogen-bond donors (Lipinski definition) is 2. The molecule has 0 radical (unpaired) electrons. The molecule has 0 spiro atoms. The molecular formula is C9H18N4O. The van der Waals surface area contributed by atoms with Crippen molar-refractivity contribution in [3.8, 4) is 0 Å². The number of nitrogens with zero attached hydrogens (tertiary/aromatic N) is 2. The van der Waals surface area contributed by atoms with Gasteiger partial charge in [-0.1, -0.05) is 13.8 Å². The average molecular weight is 198 g/mol. The van der Waals surface area contributed by atoms with Gasteiger partial charge in [-0.15, -0.1) is 5.10 Å². The summed E-state index contributed by atoms with van der Waals surface area (Å²) in [5, 5.41) is 7.64. The van der Waals surface area contributed by atoms with Crippen molar-refractivity contribution in [1.29, 1.82) is 0 Å². The molecule has 14 heavy (non-hydrogen) atoms. The van der Waals surface area contributed by atoms with Gasteiger partial charge in [-0.05, 0) is 5.92 Å². The van der Waals surface area contributed by atoms with Crippen LogP contribution in [0.1, 0.15) is 26.7 Å². The Morgan fingerprint density at radius 3 is 2.79 bits per heavy atom. The Bertz CT molecular complexity index is 243. The van der Waals surface area contributed by atoms with Crippen molar-refractivity contribution in [2.75, 3.05) is 6.61 Å². The monoisotopic (exact) mass is 198 g/mol. The van der Waals surface area contributed by atoms with E-state index < -0.39 is 0 Å². The Labute approximate surface area is 84.2 Å². The topological polar surface area (TPSA) is 86.0 Å². The fourth-order valence-corrected chi connectivity index (χ4v) is 1.37. The summed E-state index contributed by atoms with van der Waals surface area (Å²) in [6.45, 7) is 4.98. The van der Waals surface area contributed by atoms with Crippen LogP contribution >= 0.6 is 0 Å². The molecule has 0 amide bonds. The van der Waals surface area contributed by atoms with Crippen molar-refractivity contribution in [3.63, 3.8) is 0 Å². The van der Waals surface area contributed by atoms with E-state index >= 15 is 0 Å². The first-order valence-electron chi connectivity index (χ1n) is 4.85. The summed E-state index contributed by atoms with van der Waals surface area (Å²) in [5.41, 5.74) is 11.4. The van der Waals surface area contributed by atoms with Crippen molar-refractivity contribution >= 4 is 11.7 Å². The highest BCUT2D eigenvalue weighted by Crippen LogP contribution is 2.18. The molecule has 1 atom stereocenters. The van der Waals surface area contributed by atoms with Crippen LogP contribution < -0.4 is 11.5 Å². The molecule has 0 aromatic heterocycles. The largest absolute Gasteiger partial charge is 0.377 e. The molecule has 80 valence electrons. The average Bonchev–Trinajstić information content (AvgIpc) is 2.15. The van der Waals surface area contributed by atoms with Crippen LogP contribution in [0.2, 0.25) is 0 Å². The fourth-order valence-electron chi connectivity index (χ4n) is 1.37. The smallest absolute Gasteiger partial charge is 0.211 e. The minimum atomic E-state index is 0.00471. The normalized spacial score (nSPS) is 25.4.